The highest BCUT2D eigenvalue weighted by Crippen LogP contribution is 2.20. The number of rotatable bonds is 7. The number of benzene rings is 2. The maximum atomic E-state index is 12.6. The van der Waals surface area contributed by atoms with Crippen LogP contribution in [0.2, 0.25) is 0 Å². The minimum absolute atomic E-state index is 0.0853. The van der Waals surface area contributed by atoms with Crippen LogP contribution in [0, 0.1) is 19.8 Å². The van der Waals surface area contributed by atoms with Crippen molar-refractivity contribution in [3.8, 4) is 0 Å². The third-order valence-corrected chi connectivity index (χ3v) is 7.84. The first-order valence-electron chi connectivity index (χ1n) is 8.10. The second-order valence-corrected chi connectivity index (χ2v) is 10.6. The molecule has 2 aromatic carbocycles. The van der Waals surface area contributed by atoms with Gasteiger partial charge in [-0.2, -0.15) is 0 Å². The van der Waals surface area contributed by atoms with Gasteiger partial charge in [0.05, 0.1) is 21.3 Å². The Balaban J connectivity index is 2.27. The molecule has 2 aromatic rings. The standard InChI is InChI=1S/C19H22O5S2/c1-14-4-8-18(9-5-14)25(21,22)12-17(16(3)20)13-26(23,24)19-10-6-15(2)7-11-19/h4-11,17H,12-13H2,1-3H3. The molecule has 0 bridgehead atoms. The van der Waals surface area contributed by atoms with Gasteiger partial charge in [0.1, 0.15) is 5.78 Å². The van der Waals surface area contributed by atoms with E-state index in [4.69, 9.17) is 0 Å². The zero-order valence-corrected chi connectivity index (χ0v) is 16.6. The Morgan fingerprint density at radius 3 is 1.31 bits per heavy atom. The number of hydrogen-bond acceptors (Lipinski definition) is 5. The van der Waals surface area contributed by atoms with Gasteiger partial charge in [0.25, 0.3) is 0 Å². The van der Waals surface area contributed by atoms with E-state index >= 15 is 0 Å². The Morgan fingerprint density at radius 2 is 1.04 bits per heavy atom. The lowest BCUT2D eigenvalue weighted by atomic mass is 10.1. The number of hydrogen-bond donors (Lipinski definition) is 0. The molecule has 0 heterocycles. The van der Waals surface area contributed by atoms with Crippen molar-refractivity contribution >= 4 is 25.5 Å². The molecule has 5 nitrogen and oxygen atoms in total. The first kappa shape index (κ1) is 20.3. The predicted molar refractivity (Wildman–Crippen MR) is 101 cm³/mol. The predicted octanol–water partition coefficient (Wildman–Crippen LogP) is 2.76. The number of carbonyl (C=O) groups is 1. The van der Waals surface area contributed by atoms with Gasteiger partial charge in [-0.05, 0) is 45.0 Å². The molecule has 0 atom stereocenters. The summed E-state index contributed by atoms with van der Waals surface area (Å²) in [6.07, 6.45) is 0. The van der Waals surface area contributed by atoms with E-state index < -0.39 is 42.9 Å². The molecule has 140 valence electrons. The molecule has 26 heavy (non-hydrogen) atoms. The molecule has 0 aliphatic carbocycles. The molecular weight excluding hydrogens is 372 g/mol. The van der Waals surface area contributed by atoms with Crippen LogP contribution in [0.15, 0.2) is 58.3 Å². The van der Waals surface area contributed by atoms with Crippen molar-refractivity contribution in [3.63, 3.8) is 0 Å². The lowest BCUT2D eigenvalue weighted by Gasteiger charge is -2.15. The van der Waals surface area contributed by atoms with E-state index in [1.54, 1.807) is 24.3 Å². The summed E-state index contributed by atoms with van der Waals surface area (Å²) >= 11 is 0. The van der Waals surface area contributed by atoms with Gasteiger partial charge in [-0.25, -0.2) is 16.8 Å². The fourth-order valence-electron chi connectivity index (χ4n) is 2.50. The Hall–Kier alpha value is -1.99. The average Bonchev–Trinajstić information content (AvgIpc) is 2.54. The van der Waals surface area contributed by atoms with Gasteiger partial charge in [-0.1, -0.05) is 35.4 Å². The number of aryl methyl sites for hydroxylation is 2. The van der Waals surface area contributed by atoms with Crippen LogP contribution in [0.3, 0.4) is 0 Å². The van der Waals surface area contributed by atoms with Crippen molar-refractivity contribution in [1.29, 1.82) is 0 Å². The van der Waals surface area contributed by atoms with Crippen LogP contribution in [0.4, 0.5) is 0 Å². The second kappa shape index (κ2) is 7.72. The zero-order valence-electron chi connectivity index (χ0n) is 15.0. The number of ketones is 1. The van der Waals surface area contributed by atoms with Gasteiger partial charge < -0.3 is 0 Å². The Kier molecular flexibility index (Phi) is 6.03. The molecule has 0 aliphatic heterocycles. The first-order valence-corrected chi connectivity index (χ1v) is 11.4. The first-order chi connectivity index (χ1) is 12.0. The van der Waals surface area contributed by atoms with Crippen molar-refractivity contribution in [3.05, 3.63) is 59.7 Å². The largest absolute Gasteiger partial charge is 0.300 e. The Morgan fingerprint density at radius 1 is 0.731 bits per heavy atom. The highest BCUT2D eigenvalue weighted by molar-refractivity contribution is 7.92. The average molecular weight is 395 g/mol. The minimum Gasteiger partial charge on any atom is -0.300 e. The molecule has 7 heteroatoms. The topological polar surface area (TPSA) is 85.3 Å². The summed E-state index contributed by atoms with van der Waals surface area (Å²) in [7, 11) is -7.54. The molecule has 0 N–H and O–H groups in total. The van der Waals surface area contributed by atoms with E-state index in [1.807, 2.05) is 13.8 Å². The van der Waals surface area contributed by atoms with E-state index in [9.17, 15) is 21.6 Å². The molecule has 0 aliphatic rings. The lowest BCUT2D eigenvalue weighted by molar-refractivity contribution is -0.119. The fraction of sp³-hybridized carbons (Fsp3) is 0.316. The van der Waals surface area contributed by atoms with Crippen molar-refractivity contribution in [2.45, 2.75) is 30.6 Å². The molecular formula is C19H22O5S2. The number of carbonyl (C=O) groups excluding carboxylic acids is 1. The summed E-state index contributed by atoms with van der Waals surface area (Å²) in [5.74, 6) is -2.64. The van der Waals surface area contributed by atoms with Crippen LogP contribution in [0.25, 0.3) is 0 Å². The molecule has 0 saturated carbocycles. The lowest BCUT2D eigenvalue weighted by Crippen LogP contribution is -2.29. The van der Waals surface area contributed by atoms with Crippen LogP contribution in [-0.4, -0.2) is 34.1 Å². The molecule has 0 saturated heterocycles. The summed E-state index contributed by atoms with van der Waals surface area (Å²) in [5, 5.41) is 0. The summed E-state index contributed by atoms with van der Waals surface area (Å²) < 4.78 is 50.3. The summed E-state index contributed by atoms with van der Waals surface area (Å²) in [6, 6.07) is 12.5. The normalized spacial score (nSPS) is 12.3. The van der Waals surface area contributed by atoms with Gasteiger partial charge in [-0.3, -0.25) is 4.79 Å². The third kappa shape index (κ3) is 5.02. The molecule has 2 rings (SSSR count). The summed E-state index contributed by atoms with van der Waals surface area (Å²) in [4.78, 5) is 12.1. The summed E-state index contributed by atoms with van der Waals surface area (Å²) in [5.41, 5.74) is 1.82. The quantitative estimate of drug-likeness (QED) is 0.721. The third-order valence-electron chi connectivity index (χ3n) is 4.18. The molecule has 0 unspecified atom stereocenters. The SMILES string of the molecule is CC(=O)C(CS(=O)(=O)c1ccc(C)cc1)CS(=O)(=O)c1ccc(C)cc1. The highest BCUT2D eigenvalue weighted by atomic mass is 32.2. The van der Waals surface area contributed by atoms with E-state index in [0.717, 1.165) is 11.1 Å². The molecule has 0 radical (unpaired) electrons. The smallest absolute Gasteiger partial charge is 0.179 e. The Bertz CT molecular complexity index is 909. The van der Waals surface area contributed by atoms with Gasteiger partial charge in [0, 0.05) is 5.92 Å². The van der Waals surface area contributed by atoms with Crippen molar-refractivity contribution < 1.29 is 21.6 Å². The van der Waals surface area contributed by atoms with E-state index in [0.29, 0.717) is 0 Å². The number of sulfone groups is 2. The maximum Gasteiger partial charge on any atom is 0.179 e. The van der Waals surface area contributed by atoms with Crippen molar-refractivity contribution in [1.82, 2.24) is 0 Å². The fourth-order valence-corrected chi connectivity index (χ4v) is 5.90. The highest BCUT2D eigenvalue weighted by Gasteiger charge is 2.30. The maximum absolute atomic E-state index is 12.6. The van der Waals surface area contributed by atoms with Crippen LogP contribution in [0.1, 0.15) is 18.1 Å². The second-order valence-electron chi connectivity index (χ2n) is 6.50. The zero-order chi connectivity index (χ0) is 19.5. The number of Topliss-reactive ketones (excluding diaryl/α,β-unsaturated/α-hetero) is 1. The monoisotopic (exact) mass is 394 g/mol. The van der Waals surface area contributed by atoms with Gasteiger partial charge in [0.15, 0.2) is 19.7 Å². The minimum atomic E-state index is -3.77. The molecule has 0 spiro atoms. The van der Waals surface area contributed by atoms with Gasteiger partial charge >= 0.3 is 0 Å². The van der Waals surface area contributed by atoms with Crippen LogP contribution >= 0.6 is 0 Å². The van der Waals surface area contributed by atoms with Crippen molar-refractivity contribution in [2.75, 3.05) is 11.5 Å². The summed E-state index contributed by atoms with van der Waals surface area (Å²) in [6.45, 7) is 4.89. The van der Waals surface area contributed by atoms with Gasteiger partial charge in [0.2, 0.25) is 0 Å². The van der Waals surface area contributed by atoms with Gasteiger partial charge in [-0.15, -0.1) is 0 Å². The molecule has 0 aromatic heterocycles. The molecule has 0 amide bonds. The van der Waals surface area contributed by atoms with Crippen LogP contribution in [0.5, 0.6) is 0 Å². The van der Waals surface area contributed by atoms with Crippen LogP contribution < -0.4 is 0 Å². The van der Waals surface area contributed by atoms with E-state index in [2.05, 4.69) is 0 Å². The Labute approximate surface area is 154 Å². The molecule has 0 fully saturated rings. The van der Waals surface area contributed by atoms with Crippen molar-refractivity contribution in [2.24, 2.45) is 5.92 Å². The van der Waals surface area contributed by atoms with Crippen LogP contribution in [-0.2, 0) is 24.5 Å². The van der Waals surface area contributed by atoms with E-state index in [-0.39, 0.29) is 9.79 Å². The van der Waals surface area contributed by atoms with E-state index in [1.165, 1.54) is 31.2 Å².